The van der Waals surface area contributed by atoms with E-state index in [1.165, 1.54) is 4.57 Å². The Hall–Kier alpha value is -3.24. The first-order valence-corrected chi connectivity index (χ1v) is 11.6. The molecular weight excluding hydrogens is 438 g/mol. The van der Waals surface area contributed by atoms with Crippen molar-refractivity contribution < 1.29 is 13.9 Å². The van der Waals surface area contributed by atoms with Crippen LogP contribution >= 0.6 is 0 Å². The van der Waals surface area contributed by atoms with Crippen molar-refractivity contribution in [1.29, 1.82) is 0 Å². The Morgan fingerprint density at radius 2 is 1.97 bits per heavy atom. The van der Waals surface area contributed by atoms with Crippen molar-refractivity contribution in [2.45, 2.75) is 46.2 Å². The van der Waals surface area contributed by atoms with E-state index in [-0.39, 0.29) is 35.1 Å². The number of aromatic nitrogens is 3. The smallest absolute Gasteiger partial charge is 0.329 e. The van der Waals surface area contributed by atoms with Crippen LogP contribution < -0.4 is 16.6 Å². The molecule has 4 heterocycles. The highest BCUT2D eigenvalue weighted by molar-refractivity contribution is 6.05. The molecule has 0 saturated carbocycles. The number of nitrogens with zero attached hydrogens (tertiary/aromatic N) is 3. The van der Waals surface area contributed by atoms with E-state index in [2.05, 4.69) is 20.2 Å². The number of nitrogens with one attached hydrogen (secondary N) is 2. The Morgan fingerprint density at radius 1 is 1.24 bits per heavy atom. The minimum Gasteiger partial charge on any atom is -0.465 e. The molecule has 1 amide bonds. The summed E-state index contributed by atoms with van der Waals surface area (Å²) in [6.45, 7) is 10.8. The predicted molar refractivity (Wildman–Crippen MR) is 127 cm³/mol. The van der Waals surface area contributed by atoms with Crippen molar-refractivity contribution in [2.24, 2.45) is 0 Å². The van der Waals surface area contributed by atoms with E-state index in [0.29, 0.717) is 25.5 Å². The molecule has 3 aromatic heterocycles. The molecule has 0 aliphatic carbocycles. The summed E-state index contributed by atoms with van der Waals surface area (Å²) in [6.07, 6.45) is 0. The second-order valence-corrected chi connectivity index (χ2v) is 8.77. The first-order chi connectivity index (χ1) is 16.3. The summed E-state index contributed by atoms with van der Waals surface area (Å²) in [4.78, 5) is 47.6. The van der Waals surface area contributed by atoms with Gasteiger partial charge < -0.3 is 14.5 Å². The van der Waals surface area contributed by atoms with Crippen LogP contribution in [-0.2, 0) is 11.3 Å². The summed E-state index contributed by atoms with van der Waals surface area (Å²) in [5, 5.41) is 3.10. The number of hydrogen-bond acceptors (Lipinski definition) is 7. The molecule has 2 N–H and O–H groups in total. The number of aromatic amines is 1. The Bertz CT molecular complexity index is 1300. The van der Waals surface area contributed by atoms with Crippen LogP contribution in [0, 0.1) is 6.92 Å². The molecular formula is C24H31N5O5. The van der Waals surface area contributed by atoms with Crippen molar-refractivity contribution in [3.8, 4) is 0 Å². The zero-order chi connectivity index (χ0) is 24.4. The number of rotatable bonds is 7. The first-order valence-electron chi connectivity index (χ1n) is 11.6. The summed E-state index contributed by atoms with van der Waals surface area (Å²) >= 11 is 0. The van der Waals surface area contributed by atoms with Gasteiger partial charge in [-0.2, -0.15) is 0 Å². The van der Waals surface area contributed by atoms with Gasteiger partial charge in [0.1, 0.15) is 11.5 Å². The maximum atomic E-state index is 13.4. The van der Waals surface area contributed by atoms with E-state index < -0.39 is 17.2 Å². The molecule has 182 valence electrons. The highest BCUT2D eigenvalue weighted by atomic mass is 16.5. The van der Waals surface area contributed by atoms with Crippen molar-refractivity contribution in [1.82, 2.24) is 24.8 Å². The van der Waals surface area contributed by atoms with Gasteiger partial charge in [-0.25, -0.2) is 9.78 Å². The maximum Gasteiger partial charge on any atom is 0.329 e. The van der Waals surface area contributed by atoms with Crippen LogP contribution in [0.5, 0.6) is 0 Å². The zero-order valence-electron chi connectivity index (χ0n) is 20.0. The zero-order valence-corrected chi connectivity index (χ0v) is 20.0. The molecule has 1 aliphatic rings. The number of carbonyl (C=O) groups is 1. The number of pyridine rings is 1. The van der Waals surface area contributed by atoms with Gasteiger partial charge in [-0.05, 0) is 38.0 Å². The van der Waals surface area contributed by atoms with Gasteiger partial charge in [-0.15, -0.1) is 0 Å². The molecule has 1 fully saturated rings. The van der Waals surface area contributed by atoms with Crippen LogP contribution in [0.1, 0.15) is 60.3 Å². The fourth-order valence-corrected chi connectivity index (χ4v) is 4.28. The molecule has 34 heavy (non-hydrogen) atoms. The second-order valence-electron chi connectivity index (χ2n) is 8.77. The molecule has 1 aliphatic heterocycles. The van der Waals surface area contributed by atoms with Gasteiger partial charge in [0.25, 0.3) is 11.5 Å². The molecule has 0 radical (unpaired) electrons. The van der Waals surface area contributed by atoms with Crippen LogP contribution in [0.4, 0.5) is 0 Å². The fourth-order valence-electron chi connectivity index (χ4n) is 4.28. The lowest BCUT2D eigenvalue weighted by atomic mass is 10.0. The molecule has 1 unspecified atom stereocenters. The lowest BCUT2D eigenvalue weighted by Crippen LogP contribution is -2.44. The number of hydrogen-bond donors (Lipinski definition) is 2. The lowest BCUT2D eigenvalue weighted by Gasteiger charge is -2.33. The second kappa shape index (κ2) is 9.94. The van der Waals surface area contributed by atoms with Crippen LogP contribution in [0.15, 0.2) is 32.2 Å². The van der Waals surface area contributed by atoms with Crippen molar-refractivity contribution in [2.75, 3.05) is 32.8 Å². The number of furan rings is 1. The van der Waals surface area contributed by atoms with E-state index in [1.807, 2.05) is 32.9 Å². The third kappa shape index (κ3) is 4.69. The van der Waals surface area contributed by atoms with E-state index in [4.69, 9.17) is 9.15 Å². The molecule has 1 saturated heterocycles. The number of H-pyrrole nitrogens is 1. The Kier molecular flexibility index (Phi) is 6.99. The number of morpholine rings is 1. The van der Waals surface area contributed by atoms with Gasteiger partial charge in [0.2, 0.25) is 0 Å². The largest absolute Gasteiger partial charge is 0.465 e. The van der Waals surface area contributed by atoms with Gasteiger partial charge in [-0.1, -0.05) is 13.8 Å². The highest BCUT2D eigenvalue weighted by Gasteiger charge is 2.27. The SMILES string of the molecule is CCn1c(=O)[nH]c(=O)c2c(C(=O)NCC(c3ccc(C)o3)N3CCOCC3)cc(C(C)C)nc21. The first kappa shape index (κ1) is 23.9. The molecule has 0 bridgehead atoms. The van der Waals surface area contributed by atoms with Crippen LogP contribution in [-0.4, -0.2) is 58.2 Å². The Balaban J connectivity index is 1.71. The van der Waals surface area contributed by atoms with E-state index in [9.17, 15) is 14.4 Å². The molecule has 1 atom stereocenters. The predicted octanol–water partition coefficient (Wildman–Crippen LogP) is 1.93. The van der Waals surface area contributed by atoms with Crippen molar-refractivity contribution in [3.63, 3.8) is 0 Å². The normalized spacial score (nSPS) is 15.7. The number of aryl methyl sites for hydroxylation is 2. The van der Waals surface area contributed by atoms with Gasteiger partial charge in [0.15, 0.2) is 5.65 Å². The summed E-state index contributed by atoms with van der Waals surface area (Å²) < 4.78 is 12.7. The number of ether oxygens (including phenoxy) is 1. The molecule has 0 aromatic carbocycles. The molecule has 0 spiro atoms. The third-order valence-electron chi connectivity index (χ3n) is 6.15. The maximum absolute atomic E-state index is 13.4. The molecule has 10 heteroatoms. The Labute approximate surface area is 196 Å². The molecule has 4 rings (SSSR count). The summed E-state index contributed by atoms with van der Waals surface area (Å²) in [7, 11) is 0. The van der Waals surface area contributed by atoms with Gasteiger partial charge in [0, 0.05) is 31.9 Å². The third-order valence-corrected chi connectivity index (χ3v) is 6.15. The minimum atomic E-state index is -0.621. The van der Waals surface area contributed by atoms with E-state index in [1.54, 1.807) is 13.0 Å². The summed E-state index contributed by atoms with van der Waals surface area (Å²) in [5.41, 5.74) is -0.104. The summed E-state index contributed by atoms with van der Waals surface area (Å²) in [5.74, 6) is 1.16. The van der Waals surface area contributed by atoms with E-state index in [0.717, 1.165) is 24.6 Å². The van der Waals surface area contributed by atoms with Crippen LogP contribution in [0.3, 0.4) is 0 Å². The lowest BCUT2D eigenvalue weighted by molar-refractivity contribution is 0.0117. The fraction of sp³-hybridized carbons (Fsp3) is 0.500. The standard InChI is InChI=1S/C24H31N5O5/c1-5-29-21-20(23(31)27-24(29)32)16(12-17(26-21)14(2)3)22(30)25-13-18(19-7-6-15(4)34-19)28-8-10-33-11-9-28/h6-7,12,14,18H,5,8-11,13H2,1-4H3,(H,25,30)(H,27,31,32). The van der Waals surface area contributed by atoms with Crippen molar-refractivity contribution >= 4 is 16.9 Å². The quantitative estimate of drug-likeness (QED) is 0.542. The van der Waals surface area contributed by atoms with Crippen molar-refractivity contribution in [3.05, 3.63) is 61.8 Å². The van der Waals surface area contributed by atoms with E-state index >= 15 is 0 Å². The average molecular weight is 470 g/mol. The molecule has 10 nitrogen and oxygen atoms in total. The van der Waals surface area contributed by atoms with Gasteiger partial charge >= 0.3 is 5.69 Å². The number of fused-ring (bicyclic) bond motifs is 1. The summed E-state index contributed by atoms with van der Waals surface area (Å²) in [6, 6.07) is 5.29. The van der Waals surface area contributed by atoms with Crippen LogP contribution in [0.25, 0.3) is 11.0 Å². The minimum absolute atomic E-state index is 0.00263. The van der Waals surface area contributed by atoms with Gasteiger partial charge in [-0.3, -0.25) is 24.0 Å². The number of carbonyl (C=O) groups excluding carboxylic acids is 1. The average Bonchev–Trinajstić information content (AvgIpc) is 3.25. The van der Waals surface area contributed by atoms with Crippen LogP contribution in [0.2, 0.25) is 0 Å². The number of amides is 1. The monoisotopic (exact) mass is 469 g/mol. The highest BCUT2D eigenvalue weighted by Crippen LogP contribution is 2.24. The topological polar surface area (TPSA) is 122 Å². The Morgan fingerprint density at radius 3 is 2.59 bits per heavy atom. The molecule has 3 aromatic rings. The van der Waals surface area contributed by atoms with Gasteiger partial charge in [0.05, 0.1) is 30.2 Å².